The van der Waals surface area contributed by atoms with Crippen molar-refractivity contribution >= 4 is 11.9 Å². The first-order valence-corrected chi connectivity index (χ1v) is 6.89. The van der Waals surface area contributed by atoms with Gasteiger partial charge in [0.1, 0.15) is 12.7 Å². The Morgan fingerprint density at radius 3 is 2.65 bits per heavy atom. The molecule has 0 radical (unpaired) electrons. The minimum Gasteiger partial charge on any atom is -0.318 e. The normalized spacial score (nSPS) is 11.2. The fraction of sp³-hybridized carbons (Fsp3) is 0.133. The SMILES string of the molecule is Cc1cc(C=Nn2cnnc2)c(C)n1-c1cccc([N+](=O)[O-])c1. The van der Waals surface area contributed by atoms with Gasteiger partial charge in [-0.05, 0) is 26.0 Å². The number of nitrogens with zero attached hydrogens (tertiary/aromatic N) is 6. The summed E-state index contributed by atoms with van der Waals surface area (Å²) in [6.45, 7) is 3.89. The molecule has 0 aliphatic carbocycles. The quantitative estimate of drug-likeness (QED) is 0.420. The molecular formula is C15H14N6O2. The maximum Gasteiger partial charge on any atom is 0.271 e. The van der Waals surface area contributed by atoms with E-state index in [1.165, 1.54) is 23.4 Å². The number of aromatic nitrogens is 4. The summed E-state index contributed by atoms with van der Waals surface area (Å²) < 4.78 is 3.46. The summed E-state index contributed by atoms with van der Waals surface area (Å²) in [6, 6.07) is 8.53. The standard InChI is InChI=1S/C15H14N6O2/c1-11-6-13(8-18-19-9-16-17-10-19)12(2)20(11)14-4-3-5-15(7-14)21(22)23/h3-10H,1-2H3. The fourth-order valence-electron chi connectivity index (χ4n) is 2.45. The van der Waals surface area contributed by atoms with Gasteiger partial charge in [0.05, 0.1) is 16.8 Å². The molecule has 0 N–H and O–H groups in total. The summed E-state index contributed by atoms with van der Waals surface area (Å²) in [7, 11) is 0. The van der Waals surface area contributed by atoms with E-state index in [2.05, 4.69) is 15.3 Å². The van der Waals surface area contributed by atoms with Gasteiger partial charge in [0.25, 0.3) is 5.69 Å². The van der Waals surface area contributed by atoms with Gasteiger partial charge in [0.15, 0.2) is 0 Å². The number of nitro benzene ring substituents is 1. The molecule has 3 rings (SSSR count). The molecule has 0 unspecified atom stereocenters. The number of aryl methyl sites for hydroxylation is 1. The second kappa shape index (κ2) is 5.84. The molecule has 2 aromatic heterocycles. The van der Waals surface area contributed by atoms with Crippen molar-refractivity contribution in [1.29, 1.82) is 0 Å². The van der Waals surface area contributed by atoms with Crippen molar-refractivity contribution in [3.8, 4) is 5.69 Å². The third kappa shape index (κ3) is 2.86. The van der Waals surface area contributed by atoms with Crippen LogP contribution in [0.2, 0.25) is 0 Å². The van der Waals surface area contributed by atoms with E-state index in [1.54, 1.807) is 18.3 Å². The van der Waals surface area contributed by atoms with Crippen LogP contribution in [0.3, 0.4) is 0 Å². The lowest BCUT2D eigenvalue weighted by molar-refractivity contribution is -0.384. The lowest BCUT2D eigenvalue weighted by Crippen LogP contribution is -2.00. The van der Waals surface area contributed by atoms with Crippen LogP contribution in [0.1, 0.15) is 17.0 Å². The Kier molecular flexibility index (Phi) is 3.71. The molecule has 8 heteroatoms. The molecule has 0 aliphatic heterocycles. The monoisotopic (exact) mass is 310 g/mol. The Morgan fingerprint density at radius 1 is 1.22 bits per heavy atom. The largest absolute Gasteiger partial charge is 0.318 e. The first-order chi connectivity index (χ1) is 11.1. The number of benzene rings is 1. The number of hydrogen-bond donors (Lipinski definition) is 0. The van der Waals surface area contributed by atoms with Gasteiger partial charge in [-0.3, -0.25) is 10.1 Å². The molecule has 0 fully saturated rings. The van der Waals surface area contributed by atoms with Crippen LogP contribution in [-0.2, 0) is 0 Å². The second-order valence-corrected chi connectivity index (χ2v) is 5.03. The van der Waals surface area contributed by atoms with Crippen LogP contribution in [0.25, 0.3) is 5.69 Å². The number of nitro groups is 1. The third-order valence-corrected chi connectivity index (χ3v) is 3.51. The van der Waals surface area contributed by atoms with Crippen molar-refractivity contribution in [2.75, 3.05) is 0 Å². The van der Waals surface area contributed by atoms with Crippen LogP contribution in [-0.4, -0.2) is 30.6 Å². The Hall–Kier alpha value is -3.29. The Labute approximate surface area is 131 Å². The second-order valence-electron chi connectivity index (χ2n) is 5.03. The lowest BCUT2D eigenvalue weighted by atomic mass is 10.2. The fourth-order valence-corrected chi connectivity index (χ4v) is 2.45. The molecule has 0 aliphatic rings. The van der Waals surface area contributed by atoms with Gasteiger partial charge < -0.3 is 4.57 Å². The summed E-state index contributed by atoms with van der Waals surface area (Å²) in [5.41, 5.74) is 3.64. The molecule has 0 atom stereocenters. The molecule has 0 spiro atoms. The highest BCUT2D eigenvalue weighted by Crippen LogP contribution is 2.23. The van der Waals surface area contributed by atoms with E-state index >= 15 is 0 Å². The van der Waals surface area contributed by atoms with Crippen molar-refractivity contribution < 1.29 is 4.92 Å². The van der Waals surface area contributed by atoms with Gasteiger partial charge in [0.2, 0.25) is 0 Å². The highest BCUT2D eigenvalue weighted by Gasteiger charge is 2.12. The minimum atomic E-state index is -0.397. The van der Waals surface area contributed by atoms with Crippen molar-refractivity contribution in [3.05, 3.63) is 70.1 Å². The van der Waals surface area contributed by atoms with E-state index in [0.717, 1.165) is 22.6 Å². The molecule has 3 aromatic rings. The molecule has 0 amide bonds. The van der Waals surface area contributed by atoms with Crippen LogP contribution in [0.5, 0.6) is 0 Å². The molecule has 23 heavy (non-hydrogen) atoms. The van der Waals surface area contributed by atoms with Gasteiger partial charge in [-0.15, -0.1) is 10.2 Å². The summed E-state index contributed by atoms with van der Waals surface area (Å²) in [4.78, 5) is 10.6. The van der Waals surface area contributed by atoms with E-state index in [0.29, 0.717) is 0 Å². The van der Waals surface area contributed by atoms with Crippen molar-refractivity contribution in [2.45, 2.75) is 13.8 Å². The average molecular weight is 310 g/mol. The van der Waals surface area contributed by atoms with Gasteiger partial charge >= 0.3 is 0 Å². The van der Waals surface area contributed by atoms with Crippen molar-refractivity contribution in [1.82, 2.24) is 19.4 Å². The Balaban J connectivity index is 2.01. The molecular weight excluding hydrogens is 296 g/mol. The third-order valence-electron chi connectivity index (χ3n) is 3.51. The lowest BCUT2D eigenvalue weighted by Gasteiger charge is -2.09. The maximum absolute atomic E-state index is 11.0. The molecule has 8 nitrogen and oxygen atoms in total. The highest BCUT2D eigenvalue weighted by atomic mass is 16.6. The summed E-state index contributed by atoms with van der Waals surface area (Å²) >= 11 is 0. The van der Waals surface area contributed by atoms with Crippen LogP contribution in [0.15, 0.2) is 48.1 Å². The van der Waals surface area contributed by atoms with Crippen LogP contribution >= 0.6 is 0 Å². The number of non-ortho nitro benzene ring substituents is 1. The average Bonchev–Trinajstić information content (AvgIpc) is 3.13. The minimum absolute atomic E-state index is 0.0645. The first-order valence-electron chi connectivity index (χ1n) is 6.89. The molecule has 0 saturated carbocycles. The molecule has 0 saturated heterocycles. The van der Waals surface area contributed by atoms with E-state index in [9.17, 15) is 10.1 Å². The Morgan fingerprint density at radius 2 is 1.96 bits per heavy atom. The van der Waals surface area contributed by atoms with Gasteiger partial charge in [-0.2, -0.15) is 5.10 Å². The summed E-state index contributed by atoms with van der Waals surface area (Å²) in [5.74, 6) is 0. The van der Waals surface area contributed by atoms with Crippen LogP contribution in [0.4, 0.5) is 5.69 Å². The molecule has 1 aromatic carbocycles. The Bertz CT molecular complexity index is 880. The zero-order chi connectivity index (χ0) is 16.4. The molecule has 2 heterocycles. The first kappa shape index (κ1) is 14.6. The van der Waals surface area contributed by atoms with Gasteiger partial charge in [-0.25, -0.2) is 4.68 Å². The molecule has 0 bridgehead atoms. The van der Waals surface area contributed by atoms with Crippen molar-refractivity contribution in [3.63, 3.8) is 0 Å². The van der Waals surface area contributed by atoms with Crippen LogP contribution < -0.4 is 0 Å². The van der Waals surface area contributed by atoms with E-state index < -0.39 is 4.92 Å². The van der Waals surface area contributed by atoms with Crippen molar-refractivity contribution in [2.24, 2.45) is 5.10 Å². The van der Waals surface area contributed by atoms with E-state index in [-0.39, 0.29) is 5.69 Å². The zero-order valence-corrected chi connectivity index (χ0v) is 12.6. The summed E-state index contributed by atoms with van der Waals surface area (Å²) in [5, 5.41) is 22.6. The predicted octanol–water partition coefficient (Wildman–Crippen LogP) is 2.48. The number of rotatable bonds is 4. The highest BCUT2D eigenvalue weighted by molar-refractivity contribution is 5.82. The van der Waals surface area contributed by atoms with Gasteiger partial charge in [-0.1, -0.05) is 6.07 Å². The smallest absolute Gasteiger partial charge is 0.271 e. The molecule has 116 valence electrons. The van der Waals surface area contributed by atoms with Crippen LogP contribution in [0, 0.1) is 24.0 Å². The van der Waals surface area contributed by atoms with E-state index in [1.807, 2.05) is 30.5 Å². The maximum atomic E-state index is 11.0. The van der Waals surface area contributed by atoms with E-state index in [4.69, 9.17) is 0 Å². The number of hydrogen-bond acceptors (Lipinski definition) is 5. The zero-order valence-electron chi connectivity index (χ0n) is 12.6. The summed E-state index contributed by atoms with van der Waals surface area (Å²) in [6.07, 6.45) is 4.70. The topological polar surface area (TPSA) is 91.1 Å². The predicted molar refractivity (Wildman–Crippen MR) is 84.9 cm³/mol. The van der Waals surface area contributed by atoms with Gasteiger partial charge in [0, 0.05) is 29.1 Å².